The van der Waals surface area contributed by atoms with E-state index in [1.165, 1.54) is 0 Å². The van der Waals surface area contributed by atoms with E-state index in [9.17, 15) is 19.5 Å². The average molecular weight is 518 g/mol. The zero-order valence-corrected chi connectivity index (χ0v) is 21.3. The van der Waals surface area contributed by atoms with Gasteiger partial charge < -0.3 is 14.7 Å². The second-order valence-electron chi connectivity index (χ2n) is 9.74. The van der Waals surface area contributed by atoms with Gasteiger partial charge in [-0.05, 0) is 67.5 Å². The van der Waals surface area contributed by atoms with Crippen molar-refractivity contribution in [1.82, 2.24) is 4.90 Å². The van der Waals surface area contributed by atoms with Gasteiger partial charge >= 0.3 is 11.9 Å². The fraction of sp³-hybridized carbons (Fsp3) is 0.444. The maximum Gasteiger partial charge on any atom is 0.329 e. The number of benzene rings is 2. The summed E-state index contributed by atoms with van der Waals surface area (Å²) in [6, 6.07) is 13.3. The van der Waals surface area contributed by atoms with Crippen molar-refractivity contribution < 1.29 is 24.2 Å². The van der Waals surface area contributed by atoms with Gasteiger partial charge in [0.05, 0.1) is 24.5 Å². The first-order valence-corrected chi connectivity index (χ1v) is 12.6. The molecule has 1 unspecified atom stereocenters. The van der Waals surface area contributed by atoms with Gasteiger partial charge in [0, 0.05) is 16.0 Å². The minimum atomic E-state index is -1.21. The number of carbonyl (C=O) groups excluding carboxylic acids is 2. The largest absolute Gasteiger partial charge is 0.481 e. The number of hydrogen-bond donors (Lipinski definition) is 1. The fourth-order valence-electron chi connectivity index (χ4n) is 5.36. The van der Waals surface area contributed by atoms with Crippen LogP contribution in [0.15, 0.2) is 48.5 Å². The van der Waals surface area contributed by atoms with Crippen LogP contribution in [0, 0.1) is 11.3 Å². The summed E-state index contributed by atoms with van der Waals surface area (Å²) in [5, 5.41) is 10.8. The topological polar surface area (TPSA) is 83.9 Å². The lowest BCUT2D eigenvalue weighted by molar-refractivity contribution is -0.170. The van der Waals surface area contributed by atoms with Gasteiger partial charge in [-0.1, -0.05) is 54.4 Å². The summed E-state index contributed by atoms with van der Waals surface area (Å²) >= 11 is 12.5. The molecule has 35 heavy (non-hydrogen) atoms. The highest BCUT2D eigenvalue weighted by Gasteiger charge is 2.56. The van der Waals surface area contributed by atoms with Crippen LogP contribution in [-0.2, 0) is 19.1 Å². The van der Waals surface area contributed by atoms with E-state index in [0.717, 1.165) is 24.0 Å². The maximum atomic E-state index is 14.2. The Kier molecular flexibility index (Phi) is 7.43. The smallest absolute Gasteiger partial charge is 0.329 e. The van der Waals surface area contributed by atoms with Crippen LogP contribution in [0.3, 0.4) is 0 Å². The lowest BCUT2D eigenvalue weighted by atomic mass is 9.67. The number of carbonyl (C=O) groups is 3. The van der Waals surface area contributed by atoms with Crippen molar-refractivity contribution >= 4 is 41.0 Å². The van der Waals surface area contributed by atoms with Gasteiger partial charge in [0.1, 0.15) is 6.04 Å². The molecular formula is C27H29Cl2NO5. The van der Waals surface area contributed by atoms with Gasteiger partial charge in [0.25, 0.3) is 0 Å². The first-order chi connectivity index (χ1) is 16.6. The van der Waals surface area contributed by atoms with Crippen molar-refractivity contribution in [2.45, 2.75) is 57.5 Å². The molecule has 186 valence electrons. The highest BCUT2D eigenvalue weighted by atomic mass is 35.5. The highest BCUT2D eigenvalue weighted by Crippen LogP contribution is 2.54. The SMILES string of the molecule is CCOC(=O)C(C1CC1)N1C(=O)[C@@](C)(CC(=O)O)C[C@H](c2cccc(Cl)c2)[C@H]1c1ccc(Cl)cc1. The predicted molar refractivity (Wildman–Crippen MR) is 133 cm³/mol. The molecule has 1 N–H and O–H groups in total. The van der Waals surface area contributed by atoms with E-state index in [0.29, 0.717) is 16.5 Å². The van der Waals surface area contributed by atoms with E-state index in [2.05, 4.69) is 0 Å². The van der Waals surface area contributed by atoms with E-state index in [-0.39, 0.29) is 30.8 Å². The molecule has 0 aromatic heterocycles. The van der Waals surface area contributed by atoms with Crippen LogP contribution in [0.1, 0.15) is 62.6 Å². The number of esters is 1. The minimum Gasteiger partial charge on any atom is -0.481 e. The second-order valence-corrected chi connectivity index (χ2v) is 10.6. The van der Waals surface area contributed by atoms with Crippen LogP contribution in [0.2, 0.25) is 10.0 Å². The molecular weight excluding hydrogens is 489 g/mol. The molecule has 0 radical (unpaired) electrons. The molecule has 1 saturated heterocycles. The normalized spacial score (nSPS) is 25.3. The number of hydrogen-bond acceptors (Lipinski definition) is 4. The first-order valence-electron chi connectivity index (χ1n) is 11.9. The Balaban J connectivity index is 1.92. The van der Waals surface area contributed by atoms with Crippen LogP contribution in [-0.4, -0.2) is 40.5 Å². The minimum absolute atomic E-state index is 0.0278. The van der Waals surface area contributed by atoms with Crippen LogP contribution in [0.5, 0.6) is 0 Å². The molecule has 2 aliphatic rings. The number of carboxylic acid groups (broad SMARTS) is 1. The molecule has 1 saturated carbocycles. The maximum absolute atomic E-state index is 14.2. The molecule has 1 aliphatic heterocycles. The van der Waals surface area contributed by atoms with Crippen LogP contribution >= 0.6 is 23.2 Å². The summed E-state index contributed by atoms with van der Waals surface area (Å²) in [5.74, 6) is -2.18. The zero-order chi connectivity index (χ0) is 25.3. The summed E-state index contributed by atoms with van der Waals surface area (Å²) in [7, 11) is 0. The molecule has 0 bridgehead atoms. The van der Waals surface area contributed by atoms with Crippen LogP contribution in [0.25, 0.3) is 0 Å². The third-order valence-corrected chi connectivity index (χ3v) is 7.52. The van der Waals surface area contributed by atoms with Crippen molar-refractivity contribution in [2.75, 3.05) is 6.61 Å². The quantitative estimate of drug-likeness (QED) is 0.442. The van der Waals surface area contributed by atoms with Crippen molar-refractivity contribution in [3.05, 3.63) is 69.7 Å². The Morgan fingerprint density at radius 3 is 2.37 bits per heavy atom. The molecule has 1 amide bonds. The van der Waals surface area contributed by atoms with E-state index in [1.807, 2.05) is 30.3 Å². The number of rotatable bonds is 8. The third-order valence-electron chi connectivity index (χ3n) is 7.03. The summed E-state index contributed by atoms with van der Waals surface area (Å²) in [5.41, 5.74) is 0.492. The molecule has 2 aromatic carbocycles. The van der Waals surface area contributed by atoms with Gasteiger partial charge in [-0.2, -0.15) is 0 Å². The van der Waals surface area contributed by atoms with Gasteiger partial charge in [0.2, 0.25) is 5.91 Å². The second kappa shape index (κ2) is 10.2. The molecule has 1 aliphatic carbocycles. The predicted octanol–water partition coefficient (Wildman–Crippen LogP) is 5.87. The number of likely N-dealkylation sites (tertiary alicyclic amines) is 1. The summed E-state index contributed by atoms with van der Waals surface area (Å²) in [6.45, 7) is 3.61. The van der Waals surface area contributed by atoms with Gasteiger partial charge in [-0.25, -0.2) is 4.79 Å². The number of amides is 1. The Hall–Kier alpha value is -2.57. The molecule has 6 nitrogen and oxygen atoms in total. The van der Waals surface area contributed by atoms with Crippen LogP contribution in [0.4, 0.5) is 0 Å². The molecule has 1 heterocycles. The van der Waals surface area contributed by atoms with E-state index in [4.69, 9.17) is 27.9 Å². The Morgan fingerprint density at radius 2 is 1.80 bits per heavy atom. The summed E-state index contributed by atoms with van der Waals surface area (Å²) in [4.78, 5) is 40.9. The number of halogens is 2. The van der Waals surface area contributed by atoms with Crippen LogP contribution < -0.4 is 0 Å². The van der Waals surface area contributed by atoms with Gasteiger partial charge in [-0.15, -0.1) is 0 Å². The van der Waals surface area contributed by atoms with E-state index < -0.39 is 29.4 Å². The number of nitrogens with zero attached hydrogens (tertiary/aromatic N) is 1. The molecule has 2 fully saturated rings. The van der Waals surface area contributed by atoms with E-state index >= 15 is 0 Å². The van der Waals surface area contributed by atoms with Crippen molar-refractivity contribution in [1.29, 1.82) is 0 Å². The number of ether oxygens (including phenoxy) is 1. The van der Waals surface area contributed by atoms with Gasteiger partial charge in [0.15, 0.2) is 0 Å². The number of piperidine rings is 1. The van der Waals surface area contributed by atoms with Crippen molar-refractivity contribution in [2.24, 2.45) is 11.3 Å². The van der Waals surface area contributed by atoms with Crippen molar-refractivity contribution in [3.63, 3.8) is 0 Å². The summed E-state index contributed by atoms with van der Waals surface area (Å²) in [6.07, 6.45) is 1.56. The summed E-state index contributed by atoms with van der Waals surface area (Å²) < 4.78 is 5.43. The van der Waals surface area contributed by atoms with E-state index in [1.54, 1.807) is 36.9 Å². The standard InChI is InChI=1S/C27H29Cl2NO5/c1-3-35-25(33)24(17-7-8-17)30-23(16-9-11-19(28)12-10-16)21(18-5-4-6-20(29)13-18)14-27(2,26(30)34)15-22(31)32/h4-6,9-13,17,21,23-24H,3,7-8,14-15H2,1-2H3,(H,31,32)/t21-,23-,24?,27-/m1/s1. The van der Waals surface area contributed by atoms with Crippen molar-refractivity contribution in [3.8, 4) is 0 Å². The Morgan fingerprint density at radius 1 is 1.11 bits per heavy atom. The Labute approximate surface area is 215 Å². The highest BCUT2D eigenvalue weighted by molar-refractivity contribution is 6.30. The Bertz CT molecular complexity index is 1120. The first kappa shape index (κ1) is 25.5. The average Bonchev–Trinajstić information content (AvgIpc) is 3.62. The lowest BCUT2D eigenvalue weighted by Gasteiger charge is -2.51. The monoisotopic (exact) mass is 517 g/mol. The third kappa shape index (κ3) is 5.34. The number of aliphatic carboxylic acids is 1. The fourth-order valence-corrected chi connectivity index (χ4v) is 5.68. The molecule has 4 atom stereocenters. The molecule has 4 rings (SSSR count). The molecule has 8 heteroatoms. The number of carboxylic acids is 1. The molecule has 2 aromatic rings. The zero-order valence-electron chi connectivity index (χ0n) is 19.7. The lowest BCUT2D eigenvalue weighted by Crippen LogP contribution is -2.59. The van der Waals surface area contributed by atoms with Gasteiger partial charge in [-0.3, -0.25) is 9.59 Å². The molecule has 0 spiro atoms.